The topological polar surface area (TPSA) is 123 Å². The van der Waals surface area contributed by atoms with Crippen molar-refractivity contribution in [1.82, 2.24) is 29.6 Å². The zero-order chi connectivity index (χ0) is 28.8. The molecule has 1 saturated carbocycles. The minimum absolute atomic E-state index is 0.0120. The quantitative estimate of drug-likeness (QED) is 0.242. The number of hydrogen-bond acceptors (Lipinski definition) is 7. The molecule has 7 rings (SSSR count). The number of nitrogens with one attached hydrogen (secondary N) is 1. The van der Waals surface area contributed by atoms with E-state index >= 15 is 0 Å². The molecule has 2 amide bonds. The summed E-state index contributed by atoms with van der Waals surface area (Å²) in [6, 6.07) is 8.78. The van der Waals surface area contributed by atoms with Gasteiger partial charge in [-0.05, 0) is 90.7 Å². The van der Waals surface area contributed by atoms with Crippen LogP contribution < -0.4 is 5.32 Å². The van der Waals surface area contributed by atoms with Crippen LogP contribution in [0.4, 0.5) is 5.82 Å². The summed E-state index contributed by atoms with van der Waals surface area (Å²) in [4.78, 5) is 54.9. The first-order valence-electron chi connectivity index (χ1n) is 13.8. The van der Waals surface area contributed by atoms with Crippen LogP contribution in [0.15, 0.2) is 47.3 Å². The summed E-state index contributed by atoms with van der Waals surface area (Å²) in [6.07, 6.45) is 7.03. The van der Waals surface area contributed by atoms with E-state index in [1.54, 1.807) is 22.0 Å². The number of pyridine rings is 1. The van der Waals surface area contributed by atoms with E-state index < -0.39 is 6.04 Å². The normalized spacial score (nSPS) is 19.9. The van der Waals surface area contributed by atoms with Gasteiger partial charge in [-0.25, -0.2) is 15.0 Å². The Morgan fingerprint density at radius 3 is 2.44 bits per heavy atom. The number of halogens is 1. The van der Waals surface area contributed by atoms with E-state index in [4.69, 9.17) is 0 Å². The van der Waals surface area contributed by atoms with Crippen molar-refractivity contribution in [3.05, 3.63) is 64.4 Å². The van der Waals surface area contributed by atoms with E-state index in [1.165, 1.54) is 6.92 Å². The van der Waals surface area contributed by atoms with Gasteiger partial charge in [0, 0.05) is 36.3 Å². The highest BCUT2D eigenvalue weighted by atomic mass is 79.9. The van der Waals surface area contributed by atoms with Crippen LogP contribution in [0.1, 0.15) is 54.5 Å². The lowest BCUT2D eigenvalue weighted by Crippen LogP contribution is -2.62. The van der Waals surface area contributed by atoms with Crippen molar-refractivity contribution in [2.24, 2.45) is 5.92 Å². The van der Waals surface area contributed by atoms with Gasteiger partial charge in [-0.2, -0.15) is 5.10 Å². The summed E-state index contributed by atoms with van der Waals surface area (Å²) in [6.45, 7) is 5.11. The number of carbonyl (C=O) groups is 3. The summed E-state index contributed by atoms with van der Waals surface area (Å²) in [7, 11) is 0. The largest absolute Gasteiger partial charge is 0.326 e. The lowest BCUT2D eigenvalue weighted by atomic mass is 9.74. The zero-order valence-electron chi connectivity index (χ0n) is 23.1. The molecule has 1 N–H and O–H groups in total. The molecule has 210 valence electrons. The standard InChI is InChI=1S/C30H30BrN7O3/c1-16-4-11-25(31)34-29(16)35-30(41)28-19-5-8-22(9-6-19)38(28)26(40)15-37-24-10-7-20(21-13-32-18(3)33-14-21)12-23(24)27(36-37)17(2)39/h4,7,10-14,19,22,28H,5-6,8-9,15H2,1-3H3,(H,34,35,41)/t19-,22+,28?. The van der Waals surface area contributed by atoms with Gasteiger partial charge in [0.2, 0.25) is 11.8 Å². The van der Waals surface area contributed by atoms with E-state index in [1.807, 2.05) is 44.2 Å². The number of carbonyl (C=O) groups excluding carboxylic acids is 3. The highest BCUT2D eigenvalue weighted by Crippen LogP contribution is 2.40. The van der Waals surface area contributed by atoms with Gasteiger partial charge in [0.15, 0.2) is 5.78 Å². The fourth-order valence-corrected chi connectivity index (χ4v) is 6.47. The average Bonchev–Trinajstić information content (AvgIpc) is 3.33. The number of rotatable bonds is 6. The number of ketones is 1. The van der Waals surface area contributed by atoms with Crippen LogP contribution in [-0.2, 0) is 16.1 Å². The SMILES string of the molecule is CC(=O)c1nn(CC(=O)N2C(C(=O)Nc3nc(Br)ccc3C)[C@H]3CC[C@@H]2CC3)c2ccc(-c3cnc(C)nc3)cc12. The van der Waals surface area contributed by atoms with Gasteiger partial charge < -0.3 is 10.2 Å². The minimum atomic E-state index is -0.586. The van der Waals surface area contributed by atoms with Gasteiger partial charge in [-0.3, -0.25) is 19.1 Å². The van der Waals surface area contributed by atoms with Crippen LogP contribution >= 0.6 is 15.9 Å². The second-order valence-electron chi connectivity index (χ2n) is 10.9. The maximum atomic E-state index is 13.9. The van der Waals surface area contributed by atoms with Crippen LogP contribution in [-0.4, -0.2) is 59.3 Å². The van der Waals surface area contributed by atoms with Crippen LogP contribution in [0.2, 0.25) is 0 Å². The second-order valence-corrected chi connectivity index (χ2v) is 11.7. The first-order chi connectivity index (χ1) is 19.7. The van der Waals surface area contributed by atoms with Crippen LogP contribution in [0.5, 0.6) is 0 Å². The van der Waals surface area contributed by atoms with E-state index in [0.717, 1.165) is 42.4 Å². The Bertz CT molecular complexity index is 1680. The van der Waals surface area contributed by atoms with Gasteiger partial charge in [0.05, 0.1) is 5.52 Å². The molecule has 3 aromatic heterocycles. The molecule has 5 heterocycles. The molecule has 1 aliphatic carbocycles. The smallest absolute Gasteiger partial charge is 0.248 e. The van der Waals surface area contributed by atoms with Crippen LogP contribution in [0.3, 0.4) is 0 Å². The number of hydrogen-bond donors (Lipinski definition) is 1. The Labute approximate surface area is 245 Å². The van der Waals surface area contributed by atoms with Crippen molar-refractivity contribution < 1.29 is 14.4 Å². The lowest BCUT2D eigenvalue weighted by molar-refractivity contribution is -0.151. The third-order valence-corrected chi connectivity index (χ3v) is 8.67. The average molecular weight is 617 g/mol. The summed E-state index contributed by atoms with van der Waals surface area (Å²) < 4.78 is 2.21. The molecule has 0 spiro atoms. The molecule has 41 heavy (non-hydrogen) atoms. The number of aromatic nitrogens is 5. The molecule has 10 nitrogen and oxygen atoms in total. The Morgan fingerprint density at radius 1 is 1.00 bits per heavy atom. The minimum Gasteiger partial charge on any atom is -0.326 e. The highest BCUT2D eigenvalue weighted by Gasteiger charge is 2.47. The summed E-state index contributed by atoms with van der Waals surface area (Å²) >= 11 is 3.37. The summed E-state index contributed by atoms with van der Waals surface area (Å²) in [5, 5.41) is 8.20. The van der Waals surface area contributed by atoms with Crippen molar-refractivity contribution in [2.75, 3.05) is 5.32 Å². The van der Waals surface area contributed by atoms with Crippen molar-refractivity contribution in [1.29, 1.82) is 0 Å². The molecule has 2 aliphatic heterocycles. The fraction of sp³-hybridized carbons (Fsp3) is 0.367. The van der Waals surface area contributed by atoms with Crippen LogP contribution in [0.25, 0.3) is 22.0 Å². The van der Waals surface area contributed by atoms with Gasteiger partial charge in [0.25, 0.3) is 0 Å². The van der Waals surface area contributed by atoms with Gasteiger partial charge in [-0.15, -0.1) is 0 Å². The molecule has 1 unspecified atom stereocenters. The molecule has 11 heteroatoms. The number of aryl methyl sites for hydroxylation is 2. The van der Waals surface area contributed by atoms with Crippen molar-refractivity contribution in [2.45, 2.75) is 65.1 Å². The molecule has 2 saturated heterocycles. The van der Waals surface area contributed by atoms with E-state index in [2.05, 4.69) is 41.3 Å². The zero-order valence-corrected chi connectivity index (χ0v) is 24.7. The fourth-order valence-electron chi connectivity index (χ4n) is 6.16. The van der Waals surface area contributed by atoms with E-state index in [-0.39, 0.29) is 36.1 Å². The van der Waals surface area contributed by atoms with Crippen LogP contribution in [0, 0.1) is 19.8 Å². The predicted octanol–water partition coefficient (Wildman–Crippen LogP) is 4.88. The summed E-state index contributed by atoms with van der Waals surface area (Å²) in [5.74, 6) is 0.641. The molecule has 3 aliphatic rings. The molecule has 1 aromatic carbocycles. The maximum Gasteiger partial charge on any atom is 0.248 e. The number of benzene rings is 1. The number of amides is 2. The third-order valence-electron chi connectivity index (χ3n) is 8.23. The Hall–Kier alpha value is -3.99. The monoisotopic (exact) mass is 615 g/mol. The van der Waals surface area contributed by atoms with Crippen molar-refractivity contribution in [3.8, 4) is 11.1 Å². The van der Waals surface area contributed by atoms with E-state index in [9.17, 15) is 14.4 Å². The summed E-state index contributed by atoms with van der Waals surface area (Å²) in [5.41, 5.74) is 3.50. The Kier molecular flexibility index (Phi) is 7.14. The number of fused-ring (bicyclic) bond motifs is 4. The van der Waals surface area contributed by atoms with Gasteiger partial charge >= 0.3 is 0 Å². The van der Waals surface area contributed by atoms with E-state index in [0.29, 0.717) is 32.8 Å². The predicted molar refractivity (Wildman–Crippen MR) is 157 cm³/mol. The lowest BCUT2D eigenvalue weighted by Gasteiger charge is -2.50. The molecular weight excluding hydrogens is 586 g/mol. The molecule has 0 radical (unpaired) electrons. The first-order valence-corrected chi connectivity index (χ1v) is 14.5. The van der Waals surface area contributed by atoms with Crippen molar-refractivity contribution >= 4 is 50.2 Å². The van der Waals surface area contributed by atoms with Crippen molar-refractivity contribution in [3.63, 3.8) is 0 Å². The Balaban J connectivity index is 1.31. The number of piperidine rings is 2. The molecule has 2 bridgehead atoms. The number of Topliss-reactive ketones (excluding diaryl/α,β-unsaturated/α-hetero) is 1. The molecular formula is C30H30BrN7O3. The highest BCUT2D eigenvalue weighted by molar-refractivity contribution is 9.10. The molecule has 1 atom stereocenters. The second kappa shape index (κ2) is 10.8. The first kappa shape index (κ1) is 27.2. The molecule has 3 fully saturated rings. The third kappa shape index (κ3) is 5.14. The number of nitrogens with zero attached hydrogens (tertiary/aromatic N) is 6. The van der Waals surface area contributed by atoms with Gasteiger partial charge in [-0.1, -0.05) is 12.1 Å². The molecule has 4 aromatic rings. The maximum absolute atomic E-state index is 13.9. The Morgan fingerprint density at radius 2 is 1.73 bits per heavy atom. The van der Waals surface area contributed by atoms with Gasteiger partial charge in [0.1, 0.15) is 34.5 Å². The number of anilines is 1.